The SMILES string of the molecule is Cc1ccc2c(c1)n(Cc1ccccc1C)c(=O)c1nc(C(=O)Nc3ccc(F)cc3)nn12. The molecule has 0 atom stereocenters. The molecule has 2 aromatic heterocycles. The highest BCUT2D eigenvalue weighted by molar-refractivity contribution is 6.02. The number of nitrogens with one attached hydrogen (secondary N) is 1. The normalized spacial score (nSPS) is 11.2. The molecule has 0 spiro atoms. The maximum absolute atomic E-state index is 13.5. The molecule has 0 aliphatic heterocycles. The van der Waals surface area contributed by atoms with Gasteiger partial charge in [0.1, 0.15) is 5.82 Å². The fourth-order valence-corrected chi connectivity index (χ4v) is 3.81. The summed E-state index contributed by atoms with van der Waals surface area (Å²) in [4.78, 5) is 30.5. The van der Waals surface area contributed by atoms with Gasteiger partial charge in [0, 0.05) is 5.69 Å². The van der Waals surface area contributed by atoms with Crippen molar-refractivity contribution in [1.82, 2.24) is 19.2 Å². The number of hydrogen-bond acceptors (Lipinski definition) is 4. The van der Waals surface area contributed by atoms with Crippen molar-refractivity contribution in [2.24, 2.45) is 0 Å². The number of fused-ring (bicyclic) bond motifs is 3. The maximum atomic E-state index is 13.5. The molecule has 0 bridgehead atoms. The van der Waals surface area contributed by atoms with Crippen LogP contribution >= 0.6 is 0 Å². The Balaban J connectivity index is 1.65. The summed E-state index contributed by atoms with van der Waals surface area (Å²) < 4.78 is 16.2. The van der Waals surface area contributed by atoms with Crippen LogP contribution in [0.2, 0.25) is 0 Å². The van der Waals surface area contributed by atoms with Crippen LogP contribution in [0.5, 0.6) is 0 Å². The molecule has 3 aromatic carbocycles. The summed E-state index contributed by atoms with van der Waals surface area (Å²) in [6.07, 6.45) is 0. The lowest BCUT2D eigenvalue weighted by molar-refractivity contribution is 0.101. The van der Waals surface area contributed by atoms with E-state index in [4.69, 9.17) is 0 Å². The van der Waals surface area contributed by atoms with Gasteiger partial charge in [0.05, 0.1) is 17.6 Å². The zero-order valence-electron chi connectivity index (χ0n) is 18.0. The van der Waals surface area contributed by atoms with Crippen LogP contribution in [0, 0.1) is 19.7 Å². The largest absolute Gasteiger partial charge is 0.319 e. The van der Waals surface area contributed by atoms with Gasteiger partial charge >= 0.3 is 0 Å². The first-order valence-corrected chi connectivity index (χ1v) is 10.4. The van der Waals surface area contributed by atoms with E-state index in [0.717, 1.165) is 16.7 Å². The molecular weight excluding hydrogens is 421 g/mol. The van der Waals surface area contributed by atoms with E-state index in [-0.39, 0.29) is 17.0 Å². The number of rotatable bonds is 4. The Bertz CT molecular complexity index is 1590. The van der Waals surface area contributed by atoms with Gasteiger partial charge in [-0.05, 0) is 66.9 Å². The highest BCUT2D eigenvalue weighted by Crippen LogP contribution is 2.19. The van der Waals surface area contributed by atoms with Crippen molar-refractivity contribution >= 4 is 28.3 Å². The zero-order valence-corrected chi connectivity index (χ0v) is 18.0. The monoisotopic (exact) mass is 441 g/mol. The van der Waals surface area contributed by atoms with Crippen LogP contribution in [0.4, 0.5) is 10.1 Å². The number of nitrogens with zero attached hydrogens (tertiary/aromatic N) is 4. The lowest BCUT2D eigenvalue weighted by atomic mass is 10.1. The highest BCUT2D eigenvalue weighted by atomic mass is 19.1. The molecule has 7 nitrogen and oxygen atoms in total. The molecular formula is C25H20FN5O2. The Morgan fingerprint density at radius 1 is 1.00 bits per heavy atom. The van der Waals surface area contributed by atoms with Crippen molar-refractivity contribution in [3.05, 3.63) is 105 Å². The first-order valence-electron chi connectivity index (χ1n) is 10.4. The van der Waals surface area contributed by atoms with Gasteiger partial charge in [-0.1, -0.05) is 30.3 Å². The third-order valence-electron chi connectivity index (χ3n) is 5.59. The minimum atomic E-state index is -0.588. The fraction of sp³-hybridized carbons (Fsp3) is 0.120. The van der Waals surface area contributed by atoms with E-state index >= 15 is 0 Å². The molecule has 0 saturated carbocycles. The molecule has 5 rings (SSSR count). The molecule has 1 amide bonds. The van der Waals surface area contributed by atoms with Gasteiger partial charge in [0.15, 0.2) is 0 Å². The van der Waals surface area contributed by atoms with E-state index in [0.29, 0.717) is 23.3 Å². The molecule has 0 aliphatic rings. The second kappa shape index (κ2) is 7.98. The fourth-order valence-electron chi connectivity index (χ4n) is 3.81. The van der Waals surface area contributed by atoms with Crippen LogP contribution in [0.3, 0.4) is 0 Å². The van der Waals surface area contributed by atoms with Gasteiger partial charge in [-0.3, -0.25) is 14.2 Å². The summed E-state index contributed by atoms with van der Waals surface area (Å²) >= 11 is 0. The number of benzene rings is 3. The van der Waals surface area contributed by atoms with Crippen LogP contribution in [-0.2, 0) is 6.54 Å². The van der Waals surface area contributed by atoms with E-state index < -0.39 is 11.7 Å². The Kier molecular flexibility index (Phi) is 4.97. The van der Waals surface area contributed by atoms with Gasteiger partial charge in [0.2, 0.25) is 11.5 Å². The molecule has 8 heteroatoms. The second-order valence-electron chi connectivity index (χ2n) is 7.94. The Hall–Kier alpha value is -4.33. The number of aromatic nitrogens is 4. The number of amides is 1. The first-order chi connectivity index (χ1) is 15.9. The maximum Gasteiger partial charge on any atom is 0.296 e. The van der Waals surface area contributed by atoms with Gasteiger partial charge in [-0.25, -0.2) is 8.91 Å². The van der Waals surface area contributed by atoms with Crippen LogP contribution in [0.1, 0.15) is 27.3 Å². The zero-order chi connectivity index (χ0) is 23.1. The summed E-state index contributed by atoms with van der Waals surface area (Å²) in [7, 11) is 0. The molecule has 33 heavy (non-hydrogen) atoms. The third-order valence-corrected chi connectivity index (χ3v) is 5.59. The second-order valence-corrected chi connectivity index (χ2v) is 7.94. The minimum Gasteiger partial charge on any atom is -0.319 e. The topological polar surface area (TPSA) is 81.3 Å². The van der Waals surface area contributed by atoms with E-state index in [9.17, 15) is 14.0 Å². The third kappa shape index (κ3) is 3.76. The number of anilines is 1. The molecule has 5 aromatic rings. The first kappa shape index (κ1) is 20.6. The Morgan fingerprint density at radius 3 is 2.52 bits per heavy atom. The van der Waals surface area contributed by atoms with Gasteiger partial charge < -0.3 is 5.32 Å². The molecule has 0 radical (unpaired) electrons. The molecule has 2 heterocycles. The van der Waals surface area contributed by atoms with Crippen LogP contribution in [-0.4, -0.2) is 25.1 Å². The molecule has 0 fully saturated rings. The van der Waals surface area contributed by atoms with Gasteiger partial charge in [-0.15, -0.1) is 5.10 Å². The van der Waals surface area contributed by atoms with Crippen molar-refractivity contribution in [3.63, 3.8) is 0 Å². The van der Waals surface area contributed by atoms with Gasteiger partial charge in [-0.2, -0.15) is 4.98 Å². The van der Waals surface area contributed by atoms with Crippen molar-refractivity contribution < 1.29 is 9.18 Å². The Morgan fingerprint density at radius 2 is 1.76 bits per heavy atom. The van der Waals surface area contributed by atoms with Crippen LogP contribution in [0.15, 0.2) is 71.5 Å². The minimum absolute atomic E-state index is 0.0594. The lowest BCUT2D eigenvalue weighted by Gasteiger charge is -2.13. The number of carbonyl (C=O) groups excluding carboxylic acids is 1. The average molecular weight is 441 g/mol. The predicted octanol–water partition coefficient (Wildman–Crippen LogP) is 4.10. The summed E-state index contributed by atoms with van der Waals surface area (Å²) in [6, 6.07) is 19.0. The van der Waals surface area contributed by atoms with Crippen molar-refractivity contribution in [2.45, 2.75) is 20.4 Å². The number of aryl methyl sites for hydroxylation is 2. The van der Waals surface area contributed by atoms with E-state index in [1.54, 1.807) is 4.57 Å². The molecule has 1 N–H and O–H groups in total. The summed E-state index contributed by atoms with van der Waals surface area (Å²) in [5.41, 5.74) is 4.57. The number of carbonyl (C=O) groups is 1. The summed E-state index contributed by atoms with van der Waals surface area (Å²) in [6.45, 7) is 4.32. The standard InChI is InChI=1S/C25H20FN5O2/c1-15-7-12-20-21(13-15)30(14-17-6-4-3-5-16(17)2)25(33)23-28-22(29-31(20)23)24(32)27-19-10-8-18(26)9-11-19/h3-13H,14H2,1-2H3,(H,27,32). The van der Waals surface area contributed by atoms with E-state index in [1.165, 1.54) is 28.8 Å². The van der Waals surface area contributed by atoms with Crippen LogP contribution < -0.4 is 10.9 Å². The molecule has 164 valence electrons. The van der Waals surface area contributed by atoms with Crippen molar-refractivity contribution in [2.75, 3.05) is 5.32 Å². The number of halogens is 1. The molecule has 0 saturated heterocycles. The van der Waals surface area contributed by atoms with Crippen molar-refractivity contribution in [1.29, 1.82) is 0 Å². The Labute approximate surface area is 188 Å². The summed E-state index contributed by atoms with van der Waals surface area (Å²) in [5.74, 6) is -1.14. The average Bonchev–Trinajstić information content (AvgIpc) is 3.25. The van der Waals surface area contributed by atoms with Crippen molar-refractivity contribution in [3.8, 4) is 0 Å². The van der Waals surface area contributed by atoms with Gasteiger partial charge in [0.25, 0.3) is 11.5 Å². The predicted molar refractivity (Wildman–Crippen MR) is 124 cm³/mol. The smallest absolute Gasteiger partial charge is 0.296 e. The molecule has 0 unspecified atom stereocenters. The lowest BCUT2D eigenvalue weighted by Crippen LogP contribution is -2.24. The van der Waals surface area contributed by atoms with Crippen LogP contribution in [0.25, 0.3) is 16.7 Å². The molecule has 0 aliphatic carbocycles. The summed E-state index contributed by atoms with van der Waals surface area (Å²) in [5, 5.41) is 6.95. The van der Waals surface area contributed by atoms with E-state index in [1.807, 2.05) is 56.3 Å². The quantitative estimate of drug-likeness (QED) is 0.455. The van der Waals surface area contributed by atoms with E-state index in [2.05, 4.69) is 15.4 Å². The highest BCUT2D eigenvalue weighted by Gasteiger charge is 2.20. The number of hydrogen-bond donors (Lipinski definition) is 1.